The van der Waals surface area contributed by atoms with Crippen LogP contribution in [0.2, 0.25) is 0 Å². The first-order valence-corrected chi connectivity index (χ1v) is 6.97. The number of hydrogen-bond donors (Lipinski definition) is 1. The normalized spacial score (nSPS) is 10.6. The molecule has 112 valence electrons. The quantitative estimate of drug-likeness (QED) is 0.800. The molecule has 1 amide bonds. The number of hydrogen-bond acceptors (Lipinski definition) is 4. The molecule has 0 saturated heterocycles. The molecule has 0 bridgehead atoms. The molecule has 0 radical (unpaired) electrons. The average molecular weight is 295 g/mol. The highest BCUT2D eigenvalue weighted by Gasteiger charge is 2.05. The highest BCUT2D eigenvalue weighted by atomic mass is 16.2. The Hall–Kier alpha value is -2.89. The third-order valence-electron chi connectivity index (χ3n) is 3.37. The summed E-state index contributed by atoms with van der Waals surface area (Å²) in [5.74, 6) is 0.0948. The van der Waals surface area contributed by atoms with Crippen LogP contribution in [-0.2, 0) is 11.2 Å². The van der Waals surface area contributed by atoms with E-state index in [-0.39, 0.29) is 5.91 Å². The lowest BCUT2D eigenvalue weighted by molar-refractivity contribution is -0.127. The SMILES string of the molecule is CN(C)C(=O)Cc1ccc(Nc2ccc3ncnn3c2)cc1. The van der Waals surface area contributed by atoms with Crippen LogP contribution in [0.4, 0.5) is 11.4 Å². The summed E-state index contributed by atoms with van der Waals surface area (Å²) in [6, 6.07) is 11.7. The molecule has 0 spiro atoms. The largest absolute Gasteiger partial charge is 0.354 e. The molecule has 0 fully saturated rings. The first-order chi connectivity index (χ1) is 10.6. The Morgan fingerprint density at radius 1 is 1.14 bits per heavy atom. The minimum absolute atomic E-state index is 0.0948. The second kappa shape index (κ2) is 5.85. The van der Waals surface area contributed by atoms with Crippen LogP contribution in [0.15, 0.2) is 48.9 Å². The fraction of sp³-hybridized carbons (Fsp3) is 0.188. The Bertz CT molecular complexity index is 792. The number of carbonyl (C=O) groups excluding carboxylic acids is 1. The van der Waals surface area contributed by atoms with Gasteiger partial charge in [0.25, 0.3) is 0 Å². The number of nitrogens with one attached hydrogen (secondary N) is 1. The Kier molecular flexibility index (Phi) is 3.74. The number of nitrogens with zero attached hydrogens (tertiary/aromatic N) is 4. The smallest absolute Gasteiger partial charge is 0.226 e. The molecular weight excluding hydrogens is 278 g/mol. The van der Waals surface area contributed by atoms with Crippen molar-refractivity contribution in [2.45, 2.75) is 6.42 Å². The maximum Gasteiger partial charge on any atom is 0.226 e. The van der Waals surface area contributed by atoms with Crippen molar-refractivity contribution in [2.24, 2.45) is 0 Å². The van der Waals surface area contributed by atoms with Crippen molar-refractivity contribution in [1.29, 1.82) is 0 Å². The van der Waals surface area contributed by atoms with Crippen molar-refractivity contribution in [2.75, 3.05) is 19.4 Å². The minimum atomic E-state index is 0.0948. The number of likely N-dealkylation sites (N-methyl/N-ethyl adjacent to an activating group) is 1. The standard InChI is InChI=1S/C16H17N5O/c1-20(2)16(22)9-12-3-5-13(6-4-12)19-14-7-8-15-17-11-18-21(15)10-14/h3-8,10-11,19H,9H2,1-2H3. The van der Waals surface area contributed by atoms with Crippen LogP contribution in [-0.4, -0.2) is 39.5 Å². The highest BCUT2D eigenvalue weighted by molar-refractivity contribution is 5.78. The second-order valence-electron chi connectivity index (χ2n) is 5.27. The zero-order valence-electron chi connectivity index (χ0n) is 12.5. The van der Waals surface area contributed by atoms with Gasteiger partial charge in [0.1, 0.15) is 6.33 Å². The molecule has 6 nitrogen and oxygen atoms in total. The lowest BCUT2D eigenvalue weighted by Gasteiger charge is -2.11. The van der Waals surface area contributed by atoms with E-state index in [0.29, 0.717) is 6.42 Å². The van der Waals surface area contributed by atoms with E-state index < -0.39 is 0 Å². The molecule has 0 saturated carbocycles. The van der Waals surface area contributed by atoms with E-state index in [1.54, 1.807) is 23.5 Å². The molecule has 1 N–H and O–H groups in total. The molecule has 6 heteroatoms. The molecule has 0 aliphatic carbocycles. The van der Waals surface area contributed by atoms with E-state index in [0.717, 1.165) is 22.6 Å². The summed E-state index contributed by atoms with van der Waals surface area (Å²) in [6.07, 6.45) is 3.82. The Labute approximate surface area is 128 Å². The van der Waals surface area contributed by atoms with Gasteiger partial charge in [-0.05, 0) is 29.8 Å². The maximum absolute atomic E-state index is 11.7. The molecule has 0 atom stereocenters. The number of fused-ring (bicyclic) bond motifs is 1. The molecule has 2 aromatic heterocycles. The fourth-order valence-electron chi connectivity index (χ4n) is 2.10. The van der Waals surface area contributed by atoms with E-state index in [1.165, 1.54) is 6.33 Å². The predicted octanol–water partition coefficient (Wildman–Crippen LogP) is 2.10. The van der Waals surface area contributed by atoms with Gasteiger partial charge in [0.2, 0.25) is 5.91 Å². The average Bonchev–Trinajstić information content (AvgIpc) is 2.96. The van der Waals surface area contributed by atoms with Crippen LogP contribution in [0.5, 0.6) is 0 Å². The van der Waals surface area contributed by atoms with Gasteiger partial charge in [-0.2, -0.15) is 5.10 Å². The van der Waals surface area contributed by atoms with Crippen LogP contribution in [0.3, 0.4) is 0 Å². The first kappa shape index (κ1) is 14.1. The van der Waals surface area contributed by atoms with Crippen LogP contribution in [0, 0.1) is 0 Å². The van der Waals surface area contributed by atoms with Gasteiger partial charge in [0.05, 0.1) is 18.3 Å². The van der Waals surface area contributed by atoms with Gasteiger partial charge < -0.3 is 10.2 Å². The summed E-state index contributed by atoms with van der Waals surface area (Å²) >= 11 is 0. The van der Waals surface area contributed by atoms with Crippen LogP contribution in [0.1, 0.15) is 5.56 Å². The highest BCUT2D eigenvalue weighted by Crippen LogP contribution is 2.17. The van der Waals surface area contributed by atoms with Gasteiger partial charge in [-0.15, -0.1) is 0 Å². The topological polar surface area (TPSA) is 62.5 Å². The number of benzene rings is 1. The van der Waals surface area contributed by atoms with E-state index in [1.807, 2.05) is 42.6 Å². The van der Waals surface area contributed by atoms with Gasteiger partial charge >= 0.3 is 0 Å². The van der Waals surface area contributed by atoms with Crippen molar-refractivity contribution < 1.29 is 4.79 Å². The molecule has 0 unspecified atom stereocenters. The predicted molar refractivity (Wildman–Crippen MR) is 85.1 cm³/mol. The number of amides is 1. The van der Waals surface area contributed by atoms with Crippen molar-refractivity contribution in [3.8, 4) is 0 Å². The van der Waals surface area contributed by atoms with Crippen molar-refractivity contribution >= 4 is 22.9 Å². The van der Waals surface area contributed by atoms with Gasteiger partial charge in [0, 0.05) is 19.8 Å². The third kappa shape index (κ3) is 3.06. The first-order valence-electron chi connectivity index (χ1n) is 6.97. The van der Waals surface area contributed by atoms with Gasteiger partial charge in [-0.3, -0.25) is 4.79 Å². The van der Waals surface area contributed by atoms with Crippen LogP contribution >= 0.6 is 0 Å². The summed E-state index contributed by atoms with van der Waals surface area (Å²) in [5, 5.41) is 7.41. The van der Waals surface area contributed by atoms with Crippen LogP contribution in [0.25, 0.3) is 5.65 Å². The summed E-state index contributed by atoms with van der Waals surface area (Å²) in [6.45, 7) is 0. The third-order valence-corrected chi connectivity index (χ3v) is 3.37. The molecule has 2 heterocycles. The van der Waals surface area contributed by atoms with Gasteiger partial charge in [-0.1, -0.05) is 12.1 Å². The number of pyridine rings is 1. The van der Waals surface area contributed by atoms with E-state index >= 15 is 0 Å². The minimum Gasteiger partial charge on any atom is -0.354 e. The summed E-state index contributed by atoms with van der Waals surface area (Å²) in [4.78, 5) is 17.4. The molecule has 0 aliphatic heterocycles. The van der Waals surface area contributed by atoms with Crippen molar-refractivity contribution in [3.05, 3.63) is 54.5 Å². The van der Waals surface area contributed by atoms with Crippen molar-refractivity contribution in [3.63, 3.8) is 0 Å². The number of carbonyl (C=O) groups is 1. The molecular formula is C16H17N5O. The summed E-state index contributed by atoms with van der Waals surface area (Å²) in [7, 11) is 3.52. The molecule has 22 heavy (non-hydrogen) atoms. The van der Waals surface area contributed by atoms with Crippen LogP contribution < -0.4 is 5.32 Å². The number of anilines is 2. The maximum atomic E-state index is 11.7. The summed E-state index contributed by atoms with van der Waals surface area (Å²) < 4.78 is 1.71. The monoisotopic (exact) mass is 295 g/mol. The number of rotatable bonds is 4. The van der Waals surface area contributed by atoms with Gasteiger partial charge in [-0.25, -0.2) is 9.50 Å². The molecule has 3 aromatic rings. The zero-order valence-corrected chi connectivity index (χ0v) is 12.5. The molecule has 0 aliphatic rings. The Morgan fingerprint density at radius 2 is 1.86 bits per heavy atom. The van der Waals surface area contributed by atoms with E-state index in [4.69, 9.17) is 0 Å². The number of aromatic nitrogens is 3. The second-order valence-corrected chi connectivity index (χ2v) is 5.27. The lowest BCUT2D eigenvalue weighted by atomic mass is 10.1. The zero-order chi connectivity index (χ0) is 15.5. The van der Waals surface area contributed by atoms with Gasteiger partial charge in [0.15, 0.2) is 5.65 Å². The lowest BCUT2D eigenvalue weighted by Crippen LogP contribution is -2.23. The van der Waals surface area contributed by atoms with E-state index in [2.05, 4.69) is 15.4 Å². The fourth-order valence-corrected chi connectivity index (χ4v) is 2.10. The summed E-state index contributed by atoms with van der Waals surface area (Å²) in [5.41, 5.74) is 3.69. The molecule has 3 rings (SSSR count). The Morgan fingerprint density at radius 3 is 2.59 bits per heavy atom. The Balaban J connectivity index is 1.71. The molecule has 1 aromatic carbocycles. The van der Waals surface area contributed by atoms with Crippen molar-refractivity contribution in [1.82, 2.24) is 19.5 Å². The van der Waals surface area contributed by atoms with E-state index in [9.17, 15) is 4.79 Å².